The smallest absolute Gasteiger partial charge is 0.359 e. The third kappa shape index (κ3) is 12.2. The second kappa shape index (κ2) is 14.7. The lowest BCUT2D eigenvalue weighted by atomic mass is 10.1. The molecule has 0 aliphatic carbocycles. The van der Waals surface area contributed by atoms with Crippen molar-refractivity contribution in [1.82, 2.24) is 5.32 Å². The quantitative estimate of drug-likeness (QED) is 0.0569. The lowest BCUT2D eigenvalue weighted by Crippen LogP contribution is -2.59. The molecule has 0 fully saturated rings. The highest BCUT2D eigenvalue weighted by Crippen LogP contribution is 2.18. The van der Waals surface area contributed by atoms with Gasteiger partial charge in [-0.1, -0.05) is 12.1 Å². The zero-order valence-corrected chi connectivity index (χ0v) is 20.7. The normalized spacial score (nSPS) is 11.4. The zero-order chi connectivity index (χ0) is 28.1. The number of thiocarbonyl (C=S) groups is 1. The molecule has 202 valence electrons. The number of nitrogens with one attached hydrogen (secondary N) is 1. The van der Waals surface area contributed by atoms with Gasteiger partial charge in [-0.25, -0.2) is 24.0 Å². The summed E-state index contributed by atoms with van der Waals surface area (Å²) in [6, 6.07) is 6.61. The van der Waals surface area contributed by atoms with Crippen molar-refractivity contribution in [3.05, 3.63) is 29.8 Å². The van der Waals surface area contributed by atoms with Gasteiger partial charge in [-0.2, -0.15) is 4.99 Å². The fraction of sp³-hybridized carbons (Fsp3) is 0.455. The van der Waals surface area contributed by atoms with Gasteiger partial charge >= 0.3 is 29.8 Å². The van der Waals surface area contributed by atoms with Crippen molar-refractivity contribution in [2.24, 2.45) is 4.99 Å². The highest BCUT2D eigenvalue weighted by Gasteiger charge is 2.36. The molecular formula is C22H30N4O10S+2. The van der Waals surface area contributed by atoms with Gasteiger partial charge in [0.15, 0.2) is 32.7 Å². The number of hydrogen-bond acceptors (Lipinski definition) is 8. The highest BCUT2D eigenvalue weighted by molar-refractivity contribution is 7.78. The molecule has 0 bridgehead atoms. The molecule has 0 amide bonds. The summed E-state index contributed by atoms with van der Waals surface area (Å²) in [5.74, 6) is -6.48. The lowest BCUT2D eigenvalue weighted by molar-refractivity contribution is -0.926. The molecule has 14 nitrogen and oxygen atoms in total. The Morgan fingerprint density at radius 2 is 1.08 bits per heavy atom. The van der Waals surface area contributed by atoms with Crippen molar-refractivity contribution in [2.75, 3.05) is 58.9 Å². The number of carbonyl (C=O) groups is 5. The fourth-order valence-electron chi connectivity index (χ4n) is 4.12. The Bertz CT molecular complexity index is 984. The van der Waals surface area contributed by atoms with Crippen molar-refractivity contribution < 1.29 is 58.5 Å². The summed E-state index contributed by atoms with van der Waals surface area (Å²) < 4.78 is -1.10. The summed E-state index contributed by atoms with van der Waals surface area (Å²) in [5, 5.41) is 51.7. The number of aliphatic imine (C=N–C) groups is 1. The van der Waals surface area contributed by atoms with Crippen molar-refractivity contribution in [3.8, 4) is 0 Å². The van der Waals surface area contributed by atoms with E-state index < -0.39 is 67.1 Å². The van der Waals surface area contributed by atoms with Gasteiger partial charge in [-0.05, 0) is 24.4 Å². The van der Waals surface area contributed by atoms with E-state index in [-0.39, 0.29) is 37.2 Å². The number of rotatable bonds is 19. The predicted molar refractivity (Wildman–Crippen MR) is 130 cm³/mol. The van der Waals surface area contributed by atoms with Crippen LogP contribution < -0.4 is 5.32 Å². The maximum atomic E-state index is 11.6. The van der Waals surface area contributed by atoms with Crippen LogP contribution in [0.4, 0.5) is 5.69 Å². The minimum atomic E-state index is -1.36. The Labute approximate surface area is 217 Å². The molecule has 0 heterocycles. The van der Waals surface area contributed by atoms with Gasteiger partial charge in [-0.15, -0.1) is 0 Å². The first-order valence-corrected chi connectivity index (χ1v) is 11.4. The van der Waals surface area contributed by atoms with Crippen LogP contribution in [0.15, 0.2) is 29.3 Å². The number of carboxylic acids is 5. The maximum Gasteiger partial charge on any atom is 0.359 e. The van der Waals surface area contributed by atoms with Crippen molar-refractivity contribution in [3.63, 3.8) is 0 Å². The SMILES string of the molecule is O=C(O)C[N+](CCNCC[N+](CC(=O)O)(CC(=O)O)Cc1ccc(N=C=S)cc1)(CC(=O)O)CC(=O)O. The zero-order valence-electron chi connectivity index (χ0n) is 19.9. The molecule has 0 aliphatic heterocycles. The van der Waals surface area contributed by atoms with Crippen molar-refractivity contribution in [2.45, 2.75) is 6.54 Å². The first-order valence-electron chi connectivity index (χ1n) is 11.0. The lowest BCUT2D eigenvalue weighted by Gasteiger charge is -2.36. The van der Waals surface area contributed by atoms with Crippen LogP contribution in [0.3, 0.4) is 0 Å². The largest absolute Gasteiger partial charge is 0.477 e. The molecule has 37 heavy (non-hydrogen) atoms. The summed E-state index contributed by atoms with van der Waals surface area (Å²) in [6.07, 6.45) is 0. The minimum absolute atomic E-state index is 0.0122. The number of carboxylic acid groups (broad SMARTS) is 5. The molecule has 15 heteroatoms. The maximum absolute atomic E-state index is 11.6. The summed E-state index contributed by atoms with van der Waals surface area (Å²) >= 11 is 4.56. The molecule has 1 aromatic rings. The fourth-order valence-corrected chi connectivity index (χ4v) is 4.22. The van der Waals surface area contributed by atoms with E-state index in [2.05, 4.69) is 27.7 Å². The number of aliphatic carboxylic acids is 5. The van der Waals surface area contributed by atoms with Crippen LogP contribution in [0.2, 0.25) is 0 Å². The summed E-state index contributed by atoms with van der Waals surface area (Å²) in [5.41, 5.74) is 1.19. The molecule has 0 atom stereocenters. The summed E-state index contributed by atoms with van der Waals surface area (Å²) in [7, 11) is 0. The Hall–Kier alpha value is -3.75. The number of hydrogen-bond donors (Lipinski definition) is 6. The molecule has 0 aliphatic rings. The third-order valence-corrected chi connectivity index (χ3v) is 5.60. The predicted octanol–water partition coefficient (Wildman–Crippen LogP) is -0.433. The van der Waals surface area contributed by atoms with E-state index in [1.165, 1.54) is 0 Å². The molecule has 0 aromatic heterocycles. The summed E-state index contributed by atoms with van der Waals surface area (Å²) in [6.45, 7) is -3.07. The van der Waals surface area contributed by atoms with Gasteiger partial charge in [0.25, 0.3) is 0 Å². The second-order valence-corrected chi connectivity index (χ2v) is 8.85. The third-order valence-electron chi connectivity index (χ3n) is 5.51. The first kappa shape index (κ1) is 31.3. The van der Waals surface area contributed by atoms with E-state index in [9.17, 15) is 49.5 Å². The van der Waals surface area contributed by atoms with Gasteiger partial charge in [0.05, 0.1) is 23.9 Å². The van der Waals surface area contributed by atoms with Crippen LogP contribution in [0.1, 0.15) is 5.56 Å². The van der Waals surface area contributed by atoms with Crippen molar-refractivity contribution in [1.29, 1.82) is 0 Å². The first-order chi connectivity index (χ1) is 17.3. The molecule has 0 spiro atoms. The average molecular weight is 543 g/mol. The van der Waals surface area contributed by atoms with E-state index in [0.717, 1.165) is 0 Å². The van der Waals surface area contributed by atoms with Crippen LogP contribution >= 0.6 is 12.2 Å². The van der Waals surface area contributed by atoms with Crippen LogP contribution in [0.5, 0.6) is 0 Å². The number of nitrogens with zero attached hydrogens (tertiary/aromatic N) is 3. The van der Waals surface area contributed by atoms with Crippen molar-refractivity contribution >= 4 is 52.9 Å². The van der Waals surface area contributed by atoms with Gasteiger partial charge in [0.1, 0.15) is 6.54 Å². The van der Waals surface area contributed by atoms with Gasteiger partial charge in [0.2, 0.25) is 0 Å². The average Bonchev–Trinajstić information content (AvgIpc) is 2.72. The monoisotopic (exact) mass is 542 g/mol. The molecular weight excluding hydrogens is 512 g/mol. The molecule has 6 N–H and O–H groups in total. The van der Waals surface area contributed by atoms with Crippen LogP contribution in [0, 0.1) is 0 Å². The minimum Gasteiger partial charge on any atom is -0.477 e. The molecule has 0 saturated carbocycles. The molecule has 0 radical (unpaired) electrons. The van der Waals surface area contributed by atoms with Crippen LogP contribution in [-0.2, 0) is 30.5 Å². The van der Waals surface area contributed by atoms with Crippen LogP contribution in [-0.4, -0.2) is 128 Å². The van der Waals surface area contributed by atoms with E-state index >= 15 is 0 Å². The molecule has 0 unspecified atom stereocenters. The topological polar surface area (TPSA) is 211 Å². The Morgan fingerprint density at radius 3 is 1.46 bits per heavy atom. The van der Waals surface area contributed by atoms with E-state index in [1.54, 1.807) is 24.3 Å². The van der Waals surface area contributed by atoms with E-state index in [4.69, 9.17) is 0 Å². The van der Waals surface area contributed by atoms with Gasteiger partial charge in [0, 0.05) is 18.7 Å². The number of quaternary nitrogens is 2. The Kier molecular flexibility index (Phi) is 12.4. The standard InChI is InChI=1S/C22H28N4O10S/c27-18(28)10-25(11-19(29)30,9-16-1-3-17(4-2-16)24-15-37)7-5-23-6-8-26(12-20(31)32,13-21(33)34)14-22(35)36/h1-4,23H,5-14H2,(H3-2,27,28,29,30,31,32,33,34,35,36)/p+2. The van der Waals surface area contributed by atoms with Gasteiger partial charge in [-0.3, -0.25) is 4.48 Å². The Balaban J connectivity index is 3.02. The second-order valence-electron chi connectivity index (χ2n) is 8.67. The summed E-state index contributed by atoms with van der Waals surface area (Å²) in [4.78, 5) is 60.9. The highest BCUT2D eigenvalue weighted by atomic mass is 32.1. The van der Waals surface area contributed by atoms with E-state index in [0.29, 0.717) is 11.3 Å². The van der Waals surface area contributed by atoms with E-state index in [1.807, 2.05) is 0 Å². The van der Waals surface area contributed by atoms with Gasteiger partial charge < -0.3 is 35.3 Å². The molecule has 1 aromatic carbocycles. The van der Waals surface area contributed by atoms with Crippen LogP contribution in [0.25, 0.3) is 0 Å². The molecule has 0 saturated heterocycles. The number of benzene rings is 1. The molecule has 1 rings (SSSR count). The Morgan fingerprint density at radius 1 is 0.703 bits per heavy atom. The number of isothiocyanates is 1.